The van der Waals surface area contributed by atoms with E-state index in [-0.39, 0.29) is 0 Å². The SMILES string of the molecule is C=N/C(CCc1ccccc1SC(C)C)=C1/SC=CC1=Nc1ccc(N2CCC(N3CCN(C)CC3)CC2)cc1OC. The molecule has 0 N–H and O–H groups in total. The highest BCUT2D eigenvalue weighted by Gasteiger charge is 2.27. The molecular weight excluding hydrogens is 559 g/mol. The van der Waals surface area contributed by atoms with E-state index in [1.54, 1.807) is 18.9 Å². The minimum Gasteiger partial charge on any atom is -0.494 e. The fourth-order valence-electron chi connectivity index (χ4n) is 5.96. The fraction of sp³-hybridized carbons (Fsp3) is 0.471. The number of piperazine rings is 1. The number of aliphatic imine (C=N–C) groups is 2. The van der Waals surface area contributed by atoms with Crippen molar-refractivity contribution in [3.8, 4) is 5.75 Å². The van der Waals surface area contributed by atoms with E-state index in [2.05, 4.69) is 101 Å². The number of anilines is 1. The Bertz CT molecular complexity index is 1320. The van der Waals surface area contributed by atoms with Gasteiger partial charge in [0.2, 0.25) is 0 Å². The van der Waals surface area contributed by atoms with Crippen molar-refractivity contribution in [2.24, 2.45) is 9.98 Å². The molecule has 3 heterocycles. The number of piperidine rings is 1. The van der Waals surface area contributed by atoms with E-state index in [0.717, 1.165) is 53.7 Å². The maximum atomic E-state index is 5.85. The van der Waals surface area contributed by atoms with Gasteiger partial charge < -0.3 is 14.5 Å². The van der Waals surface area contributed by atoms with Crippen LogP contribution in [0.25, 0.3) is 0 Å². The second-order valence-electron chi connectivity index (χ2n) is 11.5. The third-order valence-electron chi connectivity index (χ3n) is 8.35. The summed E-state index contributed by atoms with van der Waals surface area (Å²) in [5.41, 5.74) is 5.33. The summed E-state index contributed by atoms with van der Waals surface area (Å²) in [6.45, 7) is 15.3. The zero-order valence-electron chi connectivity index (χ0n) is 25.6. The maximum Gasteiger partial charge on any atom is 0.146 e. The minimum absolute atomic E-state index is 0.546. The van der Waals surface area contributed by atoms with Crippen LogP contribution < -0.4 is 9.64 Å². The molecule has 2 saturated heterocycles. The van der Waals surface area contributed by atoms with Crippen molar-refractivity contribution >= 4 is 47.3 Å². The summed E-state index contributed by atoms with van der Waals surface area (Å²) >= 11 is 3.59. The quantitative estimate of drug-likeness (QED) is 0.210. The second kappa shape index (κ2) is 14.8. The Labute approximate surface area is 261 Å². The number of thioether (sulfide) groups is 2. The van der Waals surface area contributed by atoms with Gasteiger partial charge >= 0.3 is 0 Å². The molecule has 2 aromatic carbocycles. The molecule has 224 valence electrons. The molecular formula is C34H45N5OS2. The number of ether oxygens (including phenoxy) is 1. The number of allylic oxidation sites excluding steroid dienone is 3. The van der Waals surface area contributed by atoms with Crippen molar-refractivity contribution in [1.29, 1.82) is 0 Å². The van der Waals surface area contributed by atoms with Gasteiger partial charge in [-0.2, -0.15) is 0 Å². The molecule has 0 aromatic heterocycles. The molecule has 0 spiro atoms. The van der Waals surface area contributed by atoms with Crippen LogP contribution in [0.15, 0.2) is 79.4 Å². The third-order valence-corrected chi connectivity index (χ3v) is 10.4. The Hall–Kier alpha value is -2.52. The van der Waals surface area contributed by atoms with Gasteiger partial charge in [-0.05, 0) is 74.7 Å². The summed E-state index contributed by atoms with van der Waals surface area (Å²) in [4.78, 5) is 19.6. The van der Waals surface area contributed by atoms with Crippen LogP contribution >= 0.6 is 23.5 Å². The van der Waals surface area contributed by atoms with Crippen molar-refractivity contribution < 1.29 is 4.74 Å². The molecule has 2 aromatic rings. The molecule has 2 fully saturated rings. The number of likely N-dealkylation sites (N-methyl/N-ethyl adjacent to an activating group) is 1. The van der Waals surface area contributed by atoms with Gasteiger partial charge in [0, 0.05) is 67.2 Å². The highest BCUT2D eigenvalue weighted by atomic mass is 32.2. The van der Waals surface area contributed by atoms with Crippen molar-refractivity contribution in [1.82, 2.24) is 9.80 Å². The molecule has 6 nitrogen and oxygen atoms in total. The number of methoxy groups -OCH3 is 1. The lowest BCUT2D eigenvalue weighted by molar-refractivity contribution is 0.0982. The van der Waals surface area contributed by atoms with Crippen LogP contribution in [0.1, 0.15) is 38.7 Å². The van der Waals surface area contributed by atoms with E-state index < -0.39 is 0 Å². The molecule has 3 aliphatic heterocycles. The van der Waals surface area contributed by atoms with Crippen LogP contribution in [0.5, 0.6) is 5.75 Å². The van der Waals surface area contributed by atoms with Crippen LogP contribution in [0, 0.1) is 0 Å². The first-order valence-corrected chi connectivity index (χ1v) is 16.9. The molecule has 0 aliphatic carbocycles. The number of aryl methyl sites for hydroxylation is 1. The molecule has 0 atom stereocenters. The van der Waals surface area contributed by atoms with Gasteiger partial charge in [-0.25, -0.2) is 4.99 Å². The van der Waals surface area contributed by atoms with Crippen molar-refractivity contribution in [3.63, 3.8) is 0 Å². The van der Waals surface area contributed by atoms with E-state index in [9.17, 15) is 0 Å². The normalized spacial score (nSPS) is 21.0. The predicted octanol–water partition coefficient (Wildman–Crippen LogP) is 7.29. The zero-order valence-corrected chi connectivity index (χ0v) is 27.2. The zero-order chi connectivity index (χ0) is 29.5. The molecule has 0 saturated carbocycles. The van der Waals surface area contributed by atoms with Crippen LogP contribution in [0.2, 0.25) is 0 Å². The average molecular weight is 604 g/mol. The topological polar surface area (TPSA) is 43.7 Å². The van der Waals surface area contributed by atoms with Crippen LogP contribution in [-0.2, 0) is 6.42 Å². The Morgan fingerprint density at radius 3 is 2.55 bits per heavy atom. The van der Waals surface area contributed by atoms with E-state index in [0.29, 0.717) is 11.3 Å². The van der Waals surface area contributed by atoms with Gasteiger partial charge in [0.05, 0.1) is 23.4 Å². The lowest BCUT2D eigenvalue weighted by Gasteiger charge is -2.42. The summed E-state index contributed by atoms with van der Waals surface area (Å²) in [5, 5.41) is 2.64. The first-order chi connectivity index (χ1) is 20.4. The largest absolute Gasteiger partial charge is 0.494 e. The predicted molar refractivity (Wildman–Crippen MR) is 183 cm³/mol. The van der Waals surface area contributed by atoms with Crippen LogP contribution in [0.3, 0.4) is 0 Å². The second-order valence-corrected chi connectivity index (χ2v) is 14.1. The third kappa shape index (κ3) is 7.70. The summed E-state index contributed by atoms with van der Waals surface area (Å²) in [6.07, 6.45) is 6.24. The molecule has 3 aliphatic rings. The molecule has 0 amide bonds. The van der Waals surface area contributed by atoms with Gasteiger partial charge in [-0.1, -0.05) is 43.8 Å². The lowest BCUT2D eigenvalue weighted by Crippen LogP contribution is -2.52. The maximum absolute atomic E-state index is 5.85. The minimum atomic E-state index is 0.546. The van der Waals surface area contributed by atoms with Gasteiger partial charge in [-0.15, -0.1) is 11.8 Å². The Kier molecular flexibility index (Phi) is 10.9. The summed E-state index contributed by atoms with van der Waals surface area (Å²) in [5.74, 6) is 0.804. The fourth-order valence-corrected chi connectivity index (χ4v) is 7.82. The first-order valence-electron chi connectivity index (χ1n) is 15.2. The van der Waals surface area contributed by atoms with Gasteiger partial charge in [0.15, 0.2) is 0 Å². The van der Waals surface area contributed by atoms with Gasteiger partial charge in [0.25, 0.3) is 0 Å². The standard InChI is InChI=1S/C34H45N5OS2/c1-25(2)42-33-9-7-6-8-26(33)10-12-30(35-3)34-31(16-23-41-34)36-29-13-11-28(24-32(29)40-5)38-17-14-27(15-18-38)39-21-19-37(4)20-22-39/h6-9,11,13,16,23-25,27H,3,10,12,14-15,17-22H2,1-2,4-5H3/b34-30+,36-31?. The Morgan fingerprint density at radius 2 is 1.83 bits per heavy atom. The lowest BCUT2D eigenvalue weighted by atomic mass is 10.0. The summed E-state index contributed by atoms with van der Waals surface area (Å²) < 4.78 is 5.85. The van der Waals surface area contributed by atoms with E-state index in [4.69, 9.17) is 9.73 Å². The molecule has 8 heteroatoms. The van der Waals surface area contributed by atoms with E-state index in [1.807, 2.05) is 11.8 Å². The van der Waals surface area contributed by atoms with Crippen molar-refractivity contribution in [3.05, 3.63) is 70.1 Å². The van der Waals surface area contributed by atoms with Crippen molar-refractivity contribution in [2.45, 2.75) is 55.7 Å². The van der Waals surface area contributed by atoms with Gasteiger partial charge in [-0.3, -0.25) is 9.89 Å². The molecule has 5 rings (SSSR count). The highest BCUT2D eigenvalue weighted by Crippen LogP contribution is 2.38. The summed E-state index contributed by atoms with van der Waals surface area (Å²) in [6, 6.07) is 15.8. The number of hydrogen-bond donors (Lipinski definition) is 0. The number of benzene rings is 2. The van der Waals surface area contributed by atoms with E-state index in [1.165, 1.54) is 55.2 Å². The summed E-state index contributed by atoms with van der Waals surface area (Å²) in [7, 11) is 3.96. The number of hydrogen-bond acceptors (Lipinski definition) is 8. The molecule has 0 bridgehead atoms. The first kappa shape index (κ1) is 30.9. The monoisotopic (exact) mass is 603 g/mol. The smallest absolute Gasteiger partial charge is 0.146 e. The van der Waals surface area contributed by atoms with E-state index >= 15 is 0 Å². The molecule has 0 unspecified atom stereocenters. The van der Waals surface area contributed by atoms with Crippen LogP contribution in [0.4, 0.5) is 11.4 Å². The Balaban J connectivity index is 1.27. The van der Waals surface area contributed by atoms with Crippen LogP contribution in [-0.4, -0.2) is 86.9 Å². The average Bonchev–Trinajstić information content (AvgIpc) is 3.46. The van der Waals surface area contributed by atoms with Crippen molar-refractivity contribution in [2.75, 3.05) is 58.3 Å². The number of nitrogens with zero attached hydrogens (tertiary/aromatic N) is 5. The molecule has 42 heavy (non-hydrogen) atoms. The molecule has 0 radical (unpaired) electrons. The highest BCUT2D eigenvalue weighted by molar-refractivity contribution is 8.07. The number of rotatable bonds is 10. The Morgan fingerprint density at radius 1 is 1.07 bits per heavy atom. The van der Waals surface area contributed by atoms with Gasteiger partial charge in [0.1, 0.15) is 11.4 Å².